The number of hydrogen-bond acceptors (Lipinski definition) is 5. The smallest absolute Gasteiger partial charge is 0.305 e. The van der Waals surface area contributed by atoms with Crippen LogP contribution >= 0.6 is 11.8 Å². The van der Waals surface area contributed by atoms with Gasteiger partial charge in [-0.3, -0.25) is 14.6 Å². The fourth-order valence-corrected chi connectivity index (χ4v) is 2.27. The van der Waals surface area contributed by atoms with E-state index >= 15 is 0 Å². The first kappa shape index (κ1) is 11.6. The van der Waals surface area contributed by atoms with Gasteiger partial charge < -0.3 is 10.4 Å². The van der Waals surface area contributed by atoms with Gasteiger partial charge in [0.25, 0.3) is 0 Å². The molecule has 1 unspecified atom stereocenters. The van der Waals surface area contributed by atoms with E-state index < -0.39 is 11.2 Å². The zero-order valence-corrected chi connectivity index (χ0v) is 9.48. The number of aromatic nitrogens is 1. The first-order chi connectivity index (χ1) is 8.15. The van der Waals surface area contributed by atoms with E-state index in [4.69, 9.17) is 5.11 Å². The highest BCUT2D eigenvalue weighted by atomic mass is 32.2. The second-order valence-electron chi connectivity index (χ2n) is 3.32. The molecule has 88 valence electrons. The molecule has 0 radical (unpaired) electrons. The molecule has 0 bridgehead atoms. The summed E-state index contributed by atoms with van der Waals surface area (Å²) in [5.41, 5.74) is 0.666. The average molecular weight is 251 g/mol. The number of thioether (sulfide) groups is 1. The van der Waals surface area contributed by atoms with E-state index in [0.717, 1.165) is 11.8 Å². The Kier molecular flexibility index (Phi) is 3.38. The van der Waals surface area contributed by atoms with Gasteiger partial charge in [0.1, 0.15) is 5.25 Å². The summed E-state index contributed by atoms with van der Waals surface area (Å²) in [6.45, 7) is 0. The Morgan fingerprint density at radius 1 is 1.53 bits per heavy atom. The molecule has 2 heterocycles. The zero-order chi connectivity index (χ0) is 12.3. The molecule has 2 rings (SSSR count). The standard InChI is InChI=1S/C10H9N3O3S/c14-8(15)5-7-9(16)13-10(17-7)12-6-1-3-11-4-2-6/h1-4,7H,5H2,(H,14,15)(H,11,12,13,16). The monoisotopic (exact) mass is 251 g/mol. The topological polar surface area (TPSA) is 91.7 Å². The van der Waals surface area contributed by atoms with Gasteiger partial charge in [-0.25, -0.2) is 4.99 Å². The molecule has 6 nitrogen and oxygen atoms in total. The molecule has 0 aliphatic carbocycles. The normalized spacial score (nSPS) is 21.5. The second kappa shape index (κ2) is 4.96. The minimum Gasteiger partial charge on any atom is -0.481 e. The minimum absolute atomic E-state index is 0.203. The number of nitrogens with one attached hydrogen (secondary N) is 1. The van der Waals surface area contributed by atoms with Crippen LogP contribution in [0.4, 0.5) is 5.69 Å². The molecule has 2 N–H and O–H groups in total. The molecule has 1 amide bonds. The molecule has 1 atom stereocenters. The third-order valence-corrected chi connectivity index (χ3v) is 3.11. The summed E-state index contributed by atoms with van der Waals surface area (Å²) in [7, 11) is 0. The first-order valence-electron chi connectivity index (χ1n) is 4.83. The number of aliphatic imine (C=N–C) groups is 1. The van der Waals surface area contributed by atoms with Gasteiger partial charge >= 0.3 is 5.97 Å². The highest BCUT2D eigenvalue weighted by Crippen LogP contribution is 2.24. The minimum atomic E-state index is -0.997. The Labute approximate surface area is 101 Å². The molecule has 1 aromatic rings. The van der Waals surface area contributed by atoms with Crippen LogP contribution in [-0.2, 0) is 9.59 Å². The number of pyridine rings is 1. The van der Waals surface area contributed by atoms with Crippen LogP contribution in [0.1, 0.15) is 6.42 Å². The maximum Gasteiger partial charge on any atom is 0.305 e. The van der Waals surface area contributed by atoms with Crippen molar-refractivity contribution in [3.05, 3.63) is 24.5 Å². The van der Waals surface area contributed by atoms with Gasteiger partial charge in [-0.1, -0.05) is 11.8 Å². The van der Waals surface area contributed by atoms with E-state index in [-0.39, 0.29) is 12.3 Å². The van der Waals surface area contributed by atoms with E-state index in [1.54, 1.807) is 24.5 Å². The van der Waals surface area contributed by atoms with Crippen LogP contribution < -0.4 is 5.32 Å². The van der Waals surface area contributed by atoms with Crippen LogP contribution in [0.25, 0.3) is 0 Å². The fourth-order valence-electron chi connectivity index (χ4n) is 1.29. The molecule has 17 heavy (non-hydrogen) atoms. The van der Waals surface area contributed by atoms with Crippen molar-refractivity contribution in [2.45, 2.75) is 11.7 Å². The summed E-state index contributed by atoms with van der Waals surface area (Å²) in [5, 5.41) is 11.0. The number of rotatable bonds is 3. The van der Waals surface area contributed by atoms with E-state index in [9.17, 15) is 9.59 Å². The second-order valence-corrected chi connectivity index (χ2v) is 4.51. The summed E-state index contributed by atoms with van der Waals surface area (Å²) in [6, 6.07) is 3.40. The van der Waals surface area contributed by atoms with Crippen molar-refractivity contribution in [1.29, 1.82) is 0 Å². The van der Waals surface area contributed by atoms with Gasteiger partial charge in [0.05, 0.1) is 12.1 Å². The predicted octanol–water partition coefficient (Wildman–Crippen LogP) is 0.775. The van der Waals surface area contributed by atoms with Gasteiger partial charge in [-0.15, -0.1) is 0 Å². The average Bonchev–Trinajstić information content (AvgIpc) is 2.59. The maximum absolute atomic E-state index is 11.4. The fraction of sp³-hybridized carbons (Fsp3) is 0.200. The number of aliphatic carboxylic acids is 1. The zero-order valence-electron chi connectivity index (χ0n) is 8.66. The Morgan fingerprint density at radius 3 is 2.88 bits per heavy atom. The Balaban J connectivity index is 2.08. The van der Waals surface area contributed by atoms with Crippen molar-refractivity contribution >= 4 is 34.5 Å². The van der Waals surface area contributed by atoms with Gasteiger partial charge in [-0.2, -0.15) is 0 Å². The van der Waals surface area contributed by atoms with Crippen molar-refractivity contribution in [2.24, 2.45) is 4.99 Å². The van der Waals surface area contributed by atoms with E-state index in [1.165, 1.54) is 0 Å². The number of amides is 1. The van der Waals surface area contributed by atoms with Crippen LogP contribution in [0, 0.1) is 0 Å². The van der Waals surface area contributed by atoms with Crippen molar-refractivity contribution in [3.63, 3.8) is 0 Å². The molecule has 0 spiro atoms. The molecule has 1 fully saturated rings. The summed E-state index contributed by atoms with van der Waals surface area (Å²) in [6.07, 6.45) is 2.98. The van der Waals surface area contributed by atoms with Crippen LogP contribution in [-0.4, -0.2) is 32.4 Å². The number of nitrogens with zero attached hydrogens (tertiary/aromatic N) is 2. The number of carboxylic acids is 1. The van der Waals surface area contributed by atoms with Crippen molar-refractivity contribution in [3.8, 4) is 0 Å². The summed E-state index contributed by atoms with van der Waals surface area (Å²) in [5.74, 6) is -1.31. The summed E-state index contributed by atoms with van der Waals surface area (Å²) < 4.78 is 0. The van der Waals surface area contributed by atoms with Crippen molar-refractivity contribution in [1.82, 2.24) is 10.3 Å². The lowest BCUT2D eigenvalue weighted by atomic mass is 10.3. The molecule has 0 aromatic carbocycles. The molecular formula is C10H9N3O3S. The van der Waals surface area contributed by atoms with Crippen LogP contribution in [0.5, 0.6) is 0 Å². The largest absolute Gasteiger partial charge is 0.481 e. The maximum atomic E-state index is 11.4. The van der Waals surface area contributed by atoms with Crippen molar-refractivity contribution in [2.75, 3.05) is 0 Å². The summed E-state index contributed by atoms with van der Waals surface area (Å²) >= 11 is 1.13. The van der Waals surface area contributed by atoms with Crippen LogP contribution in [0.15, 0.2) is 29.5 Å². The lowest BCUT2D eigenvalue weighted by molar-refractivity contribution is -0.138. The highest BCUT2D eigenvalue weighted by Gasteiger charge is 2.31. The Bertz CT molecular complexity index is 475. The Hall–Kier alpha value is -1.89. The van der Waals surface area contributed by atoms with Crippen molar-refractivity contribution < 1.29 is 14.7 Å². The SMILES string of the molecule is O=C(O)CC1SC(=Nc2ccncc2)NC1=O. The molecule has 1 aliphatic rings. The van der Waals surface area contributed by atoms with E-state index in [0.29, 0.717) is 10.9 Å². The summed E-state index contributed by atoms with van der Waals surface area (Å²) in [4.78, 5) is 30.0. The third-order valence-electron chi connectivity index (χ3n) is 2.03. The van der Waals surface area contributed by atoms with Gasteiger partial charge in [0.15, 0.2) is 5.17 Å². The first-order valence-corrected chi connectivity index (χ1v) is 5.71. The lowest BCUT2D eigenvalue weighted by Gasteiger charge is -1.98. The Morgan fingerprint density at radius 2 is 2.24 bits per heavy atom. The van der Waals surface area contributed by atoms with Crippen LogP contribution in [0.2, 0.25) is 0 Å². The number of amidine groups is 1. The molecule has 1 aromatic heterocycles. The third kappa shape index (κ3) is 3.04. The van der Waals surface area contributed by atoms with Crippen LogP contribution in [0.3, 0.4) is 0 Å². The molecule has 1 saturated heterocycles. The van der Waals surface area contributed by atoms with Gasteiger partial charge in [0.2, 0.25) is 5.91 Å². The van der Waals surface area contributed by atoms with Gasteiger partial charge in [0, 0.05) is 12.4 Å². The number of hydrogen-bond donors (Lipinski definition) is 2. The predicted molar refractivity (Wildman–Crippen MR) is 63.1 cm³/mol. The van der Waals surface area contributed by atoms with E-state index in [2.05, 4.69) is 15.3 Å². The van der Waals surface area contributed by atoms with Gasteiger partial charge in [-0.05, 0) is 12.1 Å². The number of carbonyl (C=O) groups excluding carboxylic acids is 1. The van der Waals surface area contributed by atoms with E-state index in [1.807, 2.05) is 0 Å². The molecule has 0 saturated carbocycles. The quantitative estimate of drug-likeness (QED) is 0.828. The number of carbonyl (C=O) groups is 2. The highest BCUT2D eigenvalue weighted by molar-refractivity contribution is 8.15. The molecular weight excluding hydrogens is 242 g/mol. The number of carboxylic acid groups (broad SMARTS) is 1. The molecule has 1 aliphatic heterocycles. The molecule has 7 heteroatoms. The lowest BCUT2D eigenvalue weighted by Crippen LogP contribution is -2.26.